The van der Waals surface area contributed by atoms with Crippen LogP contribution in [0.4, 0.5) is 11.5 Å². The third-order valence-corrected chi connectivity index (χ3v) is 6.01. The number of aryl methyl sites for hydroxylation is 1. The molecule has 0 fully saturated rings. The van der Waals surface area contributed by atoms with Crippen LogP contribution >= 0.6 is 11.6 Å². The first-order valence-corrected chi connectivity index (χ1v) is 11.9. The van der Waals surface area contributed by atoms with Gasteiger partial charge in [-0.2, -0.15) is 0 Å². The maximum atomic E-state index is 11.3. The van der Waals surface area contributed by atoms with E-state index in [0.717, 1.165) is 16.7 Å². The van der Waals surface area contributed by atoms with Crippen molar-refractivity contribution in [3.05, 3.63) is 93.3 Å². The van der Waals surface area contributed by atoms with Gasteiger partial charge in [-0.15, -0.1) is 0 Å². The molecule has 2 aromatic heterocycles. The van der Waals surface area contributed by atoms with E-state index in [4.69, 9.17) is 16.7 Å². The lowest BCUT2D eigenvalue weighted by molar-refractivity contribution is -0.384. The van der Waals surface area contributed by atoms with Crippen molar-refractivity contribution in [2.45, 2.75) is 32.4 Å². The summed E-state index contributed by atoms with van der Waals surface area (Å²) in [5, 5.41) is 33.3. The van der Waals surface area contributed by atoms with Gasteiger partial charge in [0.2, 0.25) is 0 Å². The molecule has 0 spiro atoms. The molecule has 0 saturated carbocycles. The van der Waals surface area contributed by atoms with Crippen LogP contribution in [0.1, 0.15) is 30.2 Å². The standard InChI is InChI=1S/C26H25ClN6O4/c1-15(17-4-3-5-18(8-17)20-12-28-25(29-13-20)10-21(35)14-34)30-26-11-23(31-16(2)32-26)19-6-7-22(27)24(9-19)33(36)37/h3-9,11-13,15,21,34-35H,10,14H2,1-2H3,(H,30,31,32)/t15-,21?/m0/s1. The van der Waals surface area contributed by atoms with E-state index < -0.39 is 11.0 Å². The van der Waals surface area contributed by atoms with Gasteiger partial charge in [-0.1, -0.05) is 35.9 Å². The number of nitrogens with zero attached hydrogens (tertiary/aromatic N) is 5. The van der Waals surface area contributed by atoms with Gasteiger partial charge in [-0.3, -0.25) is 10.1 Å². The first-order chi connectivity index (χ1) is 17.7. The highest BCUT2D eigenvalue weighted by Gasteiger charge is 2.16. The molecule has 0 saturated heterocycles. The Balaban J connectivity index is 1.54. The number of aliphatic hydroxyl groups is 2. The van der Waals surface area contributed by atoms with Gasteiger partial charge in [-0.25, -0.2) is 19.9 Å². The highest BCUT2D eigenvalue weighted by molar-refractivity contribution is 6.32. The summed E-state index contributed by atoms with van der Waals surface area (Å²) < 4.78 is 0. The molecular formula is C26H25ClN6O4. The number of aromatic nitrogens is 4. The fraction of sp³-hybridized carbons (Fsp3) is 0.231. The van der Waals surface area contributed by atoms with Crippen molar-refractivity contribution in [2.24, 2.45) is 0 Å². The summed E-state index contributed by atoms with van der Waals surface area (Å²) in [6.45, 7) is 3.41. The normalized spacial score (nSPS) is 12.7. The van der Waals surface area contributed by atoms with E-state index in [1.807, 2.05) is 31.2 Å². The highest BCUT2D eigenvalue weighted by Crippen LogP contribution is 2.31. The maximum absolute atomic E-state index is 11.3. The van der Waals surface area contributed by atoms with Gasteiger partial charge in [0.05, 0.1) is 23.3 Å². The number of hydrogen-bond donors (Lipinski definition) is 3. The van der Waals surface area contributed by atoms with E-state index in [2.05, 4.69) is 25.3 Å². The van der Waals surface area contributed by atoms with E-state index in [1.54, 1.807) is 31.5 Å². The Labute approximate surface area is 218 Å². The van der Waals surface area contributed by atoms with Crippen molar-refractivity contribution in [3.8, 4) is 22.4 Å². The second-order valence-corrected chi connectivity index (χ2v) is 8.94. The fourth-order valence-electron chi connectivity index (χ4n) is 3.78. The number of anilines is 1. The maximum Gasteiger partial charge on any atom is 0.288 e. The molecule has 190 valence electrons. The van der Waals surface area contributed by atoms with Crippen LogP contribution in [0.25, 0.3) is 22.4 Å². The zero-order valence-corrected chi connectivity index (χ0v) is 20.9. The molecule has 0 radical (unpaired) electrons. The quantitative estimate of drug-likeness (QED) is 0.213. The average molecular weight is 521 g/mol. The minimum atomic E-state index is -0.887. The van der Waals surface area contributed by atoms with Gasteiger partial charge < -0.3 is 15.5 Å². The molecule has 0 aliphatic carbocycles. The molecule has 0 aliphatic rings. The number of halogens is 1. The monoisotopic (exact) mass is 520 g/mol. The smallest absolute Gasteiger partial charge is 0.288 e. The van der Waals surface area contributed by atoms with E-state index >= 15 is 0 Å². The van der Waals surface area contributed by atoms with Crippen LogP contribution in [0.5, 0.6) is 0 Å². The number of hydrogen-bond acceptors (Lipinski definition) is 9. The Morgan fingerprint density at radius 2 is 1.81 bits per heavy atom. The van der Waals surface area contributed by atoms with E-state index in [-0.39, 0.29) is 29.8 Å². The molecule has 4 rings (SSSR count). The number of nitrogens with one attached hydrogen (secondary N) is 1. The first kappa shape index (κ1) is 26.1. The fourth-order valence-corrected chi connectivity index (χ4v) is 3.97. The Morgan fingerprint density at radius 1 is 1.05 bits per heavy atom. The third-order valence-electron chi connectivity index (χ3n) is 5.70. The second-order valence-electron chi connectivity index (χ2n) is 8.53. The van der Waals surface area contributed by atoms with Crippen molar-refractivity contribution in [1.82, 2.24) is 19.9 Å². The minimum absolute atomic E-state index is 0.0640. The molecule has 3 N–H and O–H groups in total. The van der Waals surface area contributed by atoms with Gasteiger partial charge in [0.1, 0.15) is 22.5 Å². The van der Waals surface area contributed by atoms with Gasteiger partial charge in [0.15, 0.2) is 0 Å². The van der Waals surface area contributed by atoms with Crippen molar-refractivity contribution >= 4 is 23.1 Å². The predicted octanol–water partition coefficient (Wildman–Crippen LogP) is 4.54. The molecule has 37 heavy (non-hydrogen) atoms. The number of nitro groups is 1. The average Bonchev–Trinajstić information content (AvgIpc) is 2.89. The summed E-state index contributed by atoms with van der Waals surface area (Å²) in [5.41, 5.74) is 3.66. The van der Waals surface area contributed by atoms with Gasteiger partial charge >= 0.3 is 0 Å². The molecule has 0 bridgehead atoms. The van der Waals surface area contributed by atoms with Crippen LogP contribution in [-0.2, 0) is 6.42 Å². The minimum Gasteiger partial charge on any atom is -0.394 e. The van der Waals surface area contributed by atoms with Crippen molar-refractivity contribution in [2.75, 3.05) is 11.9 Å². The third kappa shape index (κ3) is 6.42. The lowest BCUT2D eigenvalue weighted by atomic mass is 10.0. The lowest BCUT2D eigenvalue weighted by Gasteiger charge is -2.17. The number of rotatable bonds is 9. The van der Waals surface area contributed by atoms with Crippen LogP contribution in [0.2, 0.25) is 5.02 Å². The molecule has 11 heteroatoms. The summed E-state index contributed by atoms with van der Waals surface area (Å²) >= 11 is 5.95. The Kier molecular flexibility index (Phi) is 8.02. The van der Waals surface area contributed by atoms with E-state index in [0.29, 0.717) is 28.7 Å². The second kappa shape index (κ2) is 11.4. The molecule has 0 aliphatic heterocycles. The number of aliphatic hydroxyl groups excluding tert-OH is 2. The first-order valence-electron chi connectivity index (χ1n) is 11.5. The van der Waals surface area contributed by atoms with Crippen LogP contribution in [0.15, 0.2) is 60.9 Å². The van der Waals surface area contributed by atoms with Crippen LogP contribution in [-0.4, -0.2) is 47.8 Å². The van der Waals surface area contributed by atoms with Crippen molar-refractivity contribution in [3.63, 3.8) is 0 Å². The number of nitro benzene ring substituents is 1. The van der Waals surface area contributed by atoms with Crippen molar-refractivity contribution < 1.29 is 15.1 Å². The lowest BCUT2D eigenvalue weighted by Crippen LogP contribution is -2.16. The highest BCUT2D eigenvalue weighted by atomic mass is 35.5. The van der Waals surface area contributed by atoms with Gasteiger partial charge in [0, 0.05) is 48.1 Å². The zero-order valence-electron chi connectivity index (χ0n) is 20.2. The van der Waals surface area contributed by atoms with E-state index in [9.17, 15) is 15.2 Å². The predicted molar refractivity (Wildman–Crippen MR) is 140 cm³/mol. The van der Waals surface area contributed by atoms with Gasteiger partial charge in [0.25, 0.3) is 5.69 Å². The topological polar surface area (TPSA) is 147 Å². The van der Waals surface area contributed by atoms with Crippen LogP contribution in [0, 0.1) is 17.0 Å². The molecule has 0 amide bonds. The Bertz CT molecular complexity index is 1420. The Morgan fingerprint density at radius 3 is 2.51 bits per heavy atom. The van der Waals surface area contributed by atoms with Crippen LogP contribution < -0.4 is 5.32 Å². The zero-order chi connectivity index (χ0) is 26.5. The van der Waals surface area contributed by atoms with Crippen LogP contribution in [0.3, 0.4) is 0 Å². The number of benzene rings is 2. The van der Waals surface area contributed by atoms with E-state index in [1.165, 1.54) is 12.1 Å². The molecular weight excluding hydrogens is 496 g/mol. The van der Waals surface area contributed by atoms with Gasteiger partial charge in [-0.05, 0) is 37.1 Å². The molecule has 4 aromatic rings. The molecule has 2 aromatic carbocycles. The summed E-state index contributed by atoms with van der Waals surface area (Å²) in [6, 6.07) is 14.1. The SMILES string of the molecule is Cc1nc(N[C@@H](C)c2cccc(-c3cnc(CC(O)CO)nc3)c2)cc(-c2ccc(Cl)c([N+](=O)[O-])c2)n1. The largest absolute Gasteiger partial charge is 0.394 e. The molecule has 2 heterocycles. The summed E-state index contributed by atoms with van der Waals surface area (Å²) in [4.78, 5) is 28.3. The summed E-state index contributed by atoms with van der Waals surface area (Å²) in [6.07, 6.45) is 2.67. The molecule has 1 unspecified atom stereocenters. The molecule has 2 atom stereocenters. The summed E-state index contributed by atoms with van der Waals surface area (Å²) in [7, 11) is 0. The molecule has 10 nitrogen and oxygen atoms in total. The summed E-state index contributed by atoms with van der Waals surface area (Å²) in [5.74, 6) is 1.55. The Hall–Kier alpha value is -3.99. The van der Waals surface area contributed by atoms with Crippen molar-refractivity contribution in [1.29, 1.82) is 0 Å².